The molecule has 0 saturated heterocycles. The summed E-state index contributed by atoms with van der Waals surface area (Å²) in [5.41, 5.74) is 3.32. The lowest BCUT2D eigenvalue weighted by atomic mass is 9.87. The summed E-state index contributed by atoms with van der Waals surface area (Å²) >= 11 is 1.44. The van der Waals surface area contributed by atoms with E-state index in [0.29, 0.717) is 17.7 Å². The Hall–Kier alpha value is -2.86. The fourth-order valence-corrected chi connectivity index (χ4v) is 4.57. The minimum absolute atomic E-state index is 0.0212. The van der Waals surface area contributed by atoms with Crippen LogP contribution in [0, 0.1) is 0 Å². The van der Waals surface area contributed by atoms with E-state index in [1.165, 1.54) is 17.3 Å². The number of amides is 1. The largest absolute Gasteiger partial charge is 0.352 e. The van der Waals surface area contributed by atoms with Gasteiger partial charge in [-0.05, 0) is 29.4 Å². The molecule has 1 atom stereocenters. The van der Waals surface area contributed by atoms with Crippen LogP contribution < -0.4 is 5.32 Å². The van der Waals surface area contributed by atoms with Gasteiger partial charge in [0.15, 0.2) is 11.0 Å². The predicted molar refractivity (Wildman–Crippen MR) is 131 cm³/mol. The number of rotatable bonds is 8. The van der Waals surface area contributed by atoms with Crippen LogP contribution in [0.2, 0.25) is 0 Å². The Bertz CT molecular complexity index is 1080. The lowest BCUT2D eigenvalue weighted by molar-refractivity contribution is -0.120. The zero-order valence-electron chi connectivity index (χ0n) is 18.9. The van der Waals surface area contributed by atoms with Crippen LogP contribution in [0.4, 0.5) is 0 Å². The van der Waals surface area contributed by atoms with Gasteiger partial charge in [-0.3, -0.25) is 9.36 Å². The number of thioether (sulfide) groups is 1. The minimum Gasteiger partial charge on any atom is -0.352 e. The topological polar surface area (TPSA) is 59.8 Å². The Kier molecular flexibility index (Phi) is 6.51. The van der Waals surface area contributed by atoms with E-state index in [2.05, 4.69) is 67.1 Å². The maximum Gasteiger partial charge on any atom is 0.238 e. The molecule has 166 valence electrons. The van der Waals surface area contributed by atoms with Crippen LogP contribution in [0.25, 0.3) is 11.4 Å². The van der Waals surface area contributed by atoms with Crippen molar-refractivity contribution in [3.8, 4) is 11.4 Å². The molecule has 1 fully saturated rings. The summed E-state index contributed by atoms with van der Waals surface area (Å²) in [7, 11) is 0. The number of allylic oxidation sites excluding steroid dienone is 1. The Labute approximate surface area is 194 Å². The number of hydrogen-bond donors (Lipinski definition) is 1. The van der Waals surface area contributed by atoms with Gasteiger partial charge in [0.05, 0.1) is 0 Å². The van der Waals surface area contributed by atoms with Crippen molar-refractivity contribution >= 4 is 17.7 Å². The minimum atomic E-state index is -0.388. The van der Waals surface area contributed by atoms with Crippen molar-refractivity contribution < 1.29 is 4.79 Å². The highest BCUT2D eigenvalue weighted by Gasteiger charge is 2.30. The molecule has 1 heterocycles. The molecule has 6 heteroatoms. The number of carbonyl (C=O) groups is 1. The second-order valence-electron chi connectivity index (χ2n) is 9.22. The number of benzene rings is 2. The van der Waals surface area contributed by atoms with E-state index in [-0.39, 0.29) is 16.6 Å². The lowest BCUT2D eigenvalue weighted by Crippen LogP contribution is -2.30. The van der Waals surface area contributed by atoms with Gasteiger partial charge in [-0.2, -0.15) is 0 Å². The molecule has 4 rings (SSSR count). The maximum absolute atomic E-state index is 13.1. The number of nitrogens with one attached hydrogen (secondary N) is 1. The first kappa shape index (κ1) is 22.3. The zero-order chi connectivity index (χ0) is 22.7. The first-order chi connectivity index (χ1) is 15.4. The summed E-state index contributed by atoms with van der Waals surface area (Å²) < 4.78 is 2.03. The molecule has 0 radical (unpaired) electrons. The Morgan fingerprint density at radius 2 is 1.84 bits per heavy atom. The second-order valence-corrected chi connectivity index (χ2v) is 10.3. The molecule has 2 aromatic carbocycles. The summed E-state index contributed by atoms with van der Waals surface area (Å²) in [5, 5.41) is 12.4. The third-order valence-corrected chi connectivity index (χ3v) is 6.76. The first-order valence-electron chi connectivity index (χ1n) is 11.0. The van der Waals surface area contributed by atoms with E-state index >= 15 is 0 Å². The fourth-order valence-electron chi connectivity index (χ4n) is 3.51. The first-order valence-corrected chi connectivity index (χ1v) is 11.9. The van der Waals surface area contributed by atoms with Gasteiger partial charge in [0.2, 0.25) is 5.91 Å². The van der Waals surface area contributed by atoms with Crippen molar-refractivity contribution in [1.29, 1.82) is 0 Å². The predicted octanol–water partition coefficient (Wildman–Crippen LogP) is 5.54. The van der Waals surface area contributed by atoms with Crippen molar-refractivity contribution in [3.05, 3.63) is 78.4 Å². The Morgan fingerprint density at radius 1 is 1.16 bits per heavy atom. The smallest absolute Gasteiger partial charge is 0.238 e. The van der Waals surface area contributed by atoms with Crippen LogP contribution in [0.5, 0.6) is 0 Å². The molecule has 0 spiro atoms. The van der Waals surface area contributed by atoms with Crippen LogP contribution in [0.15, 0.2) is 72.4 Å². The molecule has 1 saturated carbocycles. The van der Waals surface area contributed by atoms with Crippen LogP contribution in [-0.4, -0.2) is 26.7 Å². The monoisotopic (exact) mass is 446 g/mol. The summed E-state index contributed by atoms with van der Waals surface area (Å²) in [6, 6.07) is 18.6. The third-order valence-electron chi connectivity index (χ3n) is 5.53. The Balaban J connectivity index is 1.65. The van der Waals surface area contributed by atoms with Crippen molar-refractivity contribution in [1.82, 2.24) is 20.1 Å². The zero-order valence-corrected chi connectivity index (χ0v) is 19.7. The second kappa shape index (κ2) is 9.33. The third kappa shape index (κ3) is 5.13. The summed E-state index contributed by atoms with van der Waals surface area (Å²) in [6.07, 6.45) is 3.95. The SMILES string of the molecule is C=CCn1c(SC(C(=O)NC2CC2)c2ccccc2)nnc1-c1ccc(C(C)(C)C)cc1. The van der Waals surface area contributed by atoms with Gasteiger partial charge in [0.25, 0.3) is 0 Å². The van der Waals surface area contributed by atoms with Gasteiger partial charge >= 0.3 is 0 Å². The molecule has 1 aliphatic carbocycles. The standard InChI is InChI=1S/C26H30N4OS/c1-5-17-30-23(19-11-13-20(14-12-19)26(2,3)4)28-29-25(30)32-22(18-9-7-6-8-10-18)24(31)27-21-15-16-21/h5-14,21-22H,1,15-17H2,2-4H3,(H,27,31). The molecular weight excluding hydrogens is 416 g/mol. The number of nitrogens with zero attached hydrogens (tertiary/aromatic N) is 3. The fraction of sp³-hybridized carbons (Fsp3) is 0.346. The van der Waals surface area contributed by atoms with Crippen molar-refractivity contribution in [2.24, 2.45) is 0 Å². The molecule has 1 aliphatic rings. The van der Waals surface area contributed by atoms with E-state index < -0.39 is 0 Å². The molecular formula is C26H30N4OS. The van der Waals surface area contributed by atoms with E-state index in [0.717, 1.165) is 29.8 Å². The Morgan fingerprint density at radius 3 is 2.44 bits per heavy atom. The maximum atomic E-state index is 13.1. The molecule has 3 aromatic rings. The van der Waals surface area contributed by atoms with E-state index in [4.69, 9.17) is 0 Å². The summed E-state index contributed by atoms with van der Waals surface area (Å²) in [4.78, 5) is 13.1. The molecule has 1 aromatic heterocycles. The van der Waals surface area contributed by atoms with Gasteiger partial charge in [-0.15, -0.1) is 16.8 Å². The number of aromatic nitrogens is 3. The molecule has 1 unspecified atom stereocenters. The van der Waals surface area contributed by atoms with Gasteiger partial charge in [-0.1, -0.05) is 93.2 Å². The van der Waals surface area contributed by atoms with Gasteiger partial charge in [0.1, 0.15) is 5.25 Å². The highest BCUT2D eigenvalue weighted by molar-refractivity contribution is 8.00. The lowest BCUT2D eigenvalue weighted by Gasteiger charge is -2.19. The van der Waals surface area contributed by atoms with Crippen LogP contribution >= 0.6 is 11.8 Å². The average molecular weight is 447 g/mol. The van der Waals surface area contributed by atoms with E-state index in [9.17, 15) is 4.79 Å². The molecule has 32 heavy (non-hydrogen) atoms. The summed E-state index contributed by atoms with van der Waals surface area (Å²) in [6.45, 7) is 11.1. The number of carbonyl (C=O) groups excluding carboxylic acids is 1. The number of hydrogen-bond acceptors (Lipinski definition) is 4. The molecule has 1 amide bonds. The van der Waals surface area contributed by atoms with Crippen molar-refractivity contribution in [3.63, 3.8) is 0 Å². The van der Waals surface area contributed by atoms with Crippen LogP contribution in [-0.2, 0) is 16.8 Å². The normalized spacial score (nSPS) is 14.7. The molecule has 0 bridgehead atoms. The quantitative estimate of drug-likeness (QED) is 0.364. The molecule has 1 N–H and O–H groups in total. The van der Waals surface area contributed by atoms with Crippen molar-refractivity contribution in [2.45, 2.75) is 62.0 Å². The highest BCUT2D eigenvalue weighted by Crippen LogP contribution is 2.37. The molecule has 5 nitrogen and oxygen atoms in total. The van der Waals surface area contributed by atoms with Gasteiger partial charge in [-0.25, -0.2) is 0 Å². The highest BCUT2D eigenvalue weighted by atomic mass is 32.2. The van der Waals surface area contributed by atoms with E-state index in [1.807, 2.05) is 41.0 Å². The average Bonchev–Trinajstić information content (AvgIpc) is 3.51. The molecule has 0 aliphatic heterocycles. The van der Waals surface area contributed by atoms with Crippen LogP contribution in [0.3, 0.4) is 0 Å². The summed E-state index contributed by atoms with van der Waals surface area (Å²) in [5.74, 6) is 0.801. The van der Waals surface area contributed by atoms with Crippen molar-refractivity contribution in [2.75, 3.05) is 0 Å². The van der Waals surface area contributed by atoms with E-state index in [1.54, 1.807) is 0 Å². The van der Waals surface area contributed by atoms with Crippen LogP contribution in [0.1, 0.15) is 50.0 Å². The van der Waals surface area contributed by atoms with Gasteiger partial charge in [0, 0.05) is 18.2 Å². The van der Waals surface area contributed by atoms with Gasteiger partial charge < -0.3 is 5.32 Å².